The average Bonchev–Trinajstić information content (AvgIpc) is 2.30. The van der Waals surface area contributed by atoms with Crippen LogP contribution in [-0.4, -0.2) is 5.29 Å². The summed E-state index contributed by atoms with van der Waals surface area (Å²) in [5.74, 6) is 0. The van der Waals surface area contributed by atoms with Crippen molar-refractivity contribution in [1.82, 2.24) is 0 Å². The maximum absolute atomic E-state index is 3.72. The smallest absolute Gasteiger partial charge is 0.00491 e. The first-order valence-electron chi connectivity index (χ1n) is 4.88. The molecule has 0 amide bonds. The Hall–Kier alpha value is -1.13. The fraction of sp³-hybridized carbons (Fsp3) is 0.154. The van der Waals surface area contributed by atoms with Crippen molar-refractivity contribution in [2.45, 2.75) is 12.8 Å². The zero-order chi connectivity index (χ0) is 9.80. The molecule has 0 atom stereocenters. The van der Waals surface area contributed by atoms with Crippen molar-refractivity contribution in [3.05, 3.63) is 59.7 Å². The molecule has 0 N–H and O–H groups in total. The second-order valence-corrected chi connectivity index (χ2v) is 3.90. The Balaban J connectivity index is 2.24. The number of rotatable bonds is 2. The predicted octanol–water partition coefficient (Wildman–Crippen LogP) is 3.63. The zero-order valence-corrected chi connectivity index (χ0v) is 9.03. The van der Waals surface area contributed by atoms with Crippen molar-refractivity contribution in [2.24, 2.45) is 0 Å². The Morgan fingerprint density at radius 2 is 1.93 bits per heavy atom. The lowest BCUT2D eigenvalue weighted by molar-refractivity contribution is 1.01. The molecular weight excluding hydrogens is 187 g/mol. The molecule has 0 saturated heterocycles. The standard InChI is InChI=1S/C13H13P/c14-13(11-7-3-1-4-8-11)12-9-5-2-6-10-12/h1-5,7-9,14H,6,10H2. The zero-order valence-electron chi connectivity index (χ0n) is 8.03. The number of hydrogen-bond acceptors (Lipinski definition) is 0. The van der Waals surface area contributed by atoms with E-state index in [9.17, 15) is 0 Å². The van der Waals surface area contributed by atoms with Gasteiger partial charge in [0.05, 0.1) is 0 Å². The second kappa shape index (κ2) is 4.39. The summed E-state index contributed by atoms with van der Waals surface area (Å²) < 4.78 is 0. The largest absolute Gasteiger partial charge is 0.113 e. The van der Waals surface area contributed by atoms with Gasteiger partial charge in [-0.15, -0.1) is 8.86 Å². The van der Waals surface area contributed by atoms with Crippen LogP contribution < -0.4 is 0 Å². The highest BCUT2D eigenvalue weighted by Crippen LogP contribution is 2.18. The van der Waals surface area contributed by atoms with Crippen LogP contribution in [0.1, 0.15) is 18.4 Å². The average molecular weight is 200 g/mol. The molecule has 1 aromatic carbocycles. The fourth-order valence-corrected chi connectivity index (χ4v) is 1.98. The molecule has 1 aliphatic rings. The summed E-state index contributed by atoms with van der Waals surface area (Å²) in [7, 11) is 3.72. The SMILES string of the molecule is P=C(C1=CC=CCC1)c1ccccc1. The van der Waals surface area contributed by atoms with Crippen molar-refractivity contribution in [1.29, 1.82) is 0 Å². The van der Waals surface area contributed by atoms with Gasteiger partial charge in [-0.1, -0.05) is 48.6 Å². The van der Waals surface area contributed by atoms with E-state index in [1.807, 2.05) is 6.07 Å². The van der Waals surface area contributed by atoms with Crippen molar-refractivity contribution in [3.8, 4) is 0 Å². The summed E-state index contributed by atoms with van der Waals surface area (Å²) in [6.07, 6.45) is 8.78. The minimum absolute atomic E-state index is 1.13. The Bertz CT molecular complexity index is 385. The van der Waals surface area contributed by atoms with E-state index in [0.717, 1.165) is 12.8 Å². The Labute approximate surface area is 87.2 Å². The molecule has 0 unspecified atom stereocenters. The second-order valence-electron chi connectivity index (χ2n) is 3.40. The van der Waals surface area contributed by atoms with Crippen LogP contribution >= 0.6 is 8.86 Å². The summed E-state index contributed by atoms with van der Waals surface area (Å²) in [5, 5.41) is 1.22. The third-order valence-electron chi connectivity index (χ3n) is 2.40. The van der Waals surface area contributed by atoms with Crippen molar-refractivity contribution in [3.63, 3.8) is 0 Å². The molecule has 70 valence electrons. The highest BCUT2D eigenvalue weighted by Gasteiger charge is 2.06. The van der Waals surface area contributed by atoms with Crippen LogP contribution in [0.5, 0.6) is 0 Å². The molecule has 2 rings (SSSR count). The predicted molar refractivity (Wildman–Crippen MR) is 65.3 cm³/mol. The topological polar surface area (TPSA) is 0 Å². The van der Waals surface area contributed by atoms with E-state index in [1.54, 1.807) is 0 Å². The monoisotopic (exact) mass is 200 g/mol. The van der Waals surface area contributed by atoms with Gasteiger partial charge in [0.2, 0.25) is 0 Å². The quantitative estimate of drug-likeness (QED) is 0.639. The molecule has 0 fully saturated rings. The van der Waals surface area contributed by atoms with E-state index < -0.39 is 0 Å². The van der Waals surface area contributed by atoms with Gasteiger partial charge in [-0.2, -0.15) is 0 Å². The lowest BCUT2D eigenvalue weighted by Crippen LogP contribution is -2.02. The van der Waals surface area contributed by atoms with E-state index in [0.29, 0.717) is 0 Å². The normalized spacial score (nSPS) is 15.0. The van der Waals surface area contributed by atoms with Gasteiger partial charge < -0.3 is 0 Å². The summed E-state index contributed by atoms with van der Waals surface area (Å²) in [6.45, 7) is 0. The number of hydrogen-bond donors (Lipinski definition) is 0. The van der Waals surface area contributed by atoms with E-state index in [4.69, 9.17) is 0 Å². The van der Waals surface area contributed by atoms with E-state index >= 15 is 0 Å². The summed E-state index contributed by atoms with van der Waals surface area (Å²) in [6, 6.07) is 10.4. The minimum Gasteiger partial charge on any atom is -0.113 e. The van der Waals surface area contributed by atoms with Gasteiger partial charge in [-0.05, 0) is 24.0 Å². The molecule has 0 nitrogen and oxygen atoms in total. The molecule has 1 heteroatoms. The van der Waals surface area contributed by atoms with Crippen LogP contribution in [0.3, 0.4) is 0 Å². The molecular formula is C13H13P. The number of benzene rings is 1. The van der Waals surface area contributed by atoms with Gasteiger partial charge in [-0.25, -0.2) is 0 Å². The van der Waals surface area contributed by atoms with E-state index in [2.05, 4.69) is 51.4 Å². The Morgan fingerprint density at radius 3 is 2.57 bits per heavy atom. The highest BCUT2D eigenvalue weighted by atomic mass is 31.0. The van der Waals surface area contributed by atoms with Crippen LogP contribution in [-0.2, 0) is 0 Å². The third kappa shape index (κ3) is 2.02. The Morgan fingerprint density at radius 1 is 1.14 bits per heavy atom. The summed E-state index contributed by atoms with van der Waals surface area (Å²) in [5.41, 5.74) is 2.64. The molecule has 1 aliphatic carbocycles. The van der Waals surface area contributed by atoms with Crippen molar-refractivity contribution in [2.75, 3.05) is 0 Å². The molecule has 0 radical (unpaired) electrons. The summed E-state index contributed by atoms with van der Waals surface area (Å²) in [4.78, 5) is 0. The van der Waals surface area contributed by atoms with Gasteiger partial charge in [0.1, 0.15) is 0 Å². The lowest BCUT2D eigenvalue weighted by Gasteiger charge is -2.11. The van der Waals surface area contributed by atoms with Crippen LogP contribution in [0.25, 0.3) is 0 Å². The first kappa shape index (κ1) is 9.43. The van der Waals surface area contributed by atoms with Crippen LogP contribution in [0.15, 0.2) is 54.1 Å². The van der Waals surface area contributed by atoms with Gasteiger partial charge in [0, 0.05) is 5.29 Å². The molecule has 1 aromatic rings. The number of allylic oxidation sites excluding steroid dienone is 4. The minimum atomic E-state index is 1.13. The van der Waals surface area contributed by atoms with Crippen LogP contribution in [0.2, 0.25) is 0 Å². The fourth-order valence-electron chi connectivity index (χ4n) is 1.60. The molecule has 0 bridgehead atoms. The van der Waals surface area contributed by atoms with Crippen molar-refractivity contribution >= 4 is 14.2 Å². The third-order valence-corrected chi connectivity index (χ3v) is 3.01. The molecule has 0 spiro atoms. The van der Waals surface area contributed by atoms with Gasteiger partial charge in [0.15, 0.2) is 0 Å². The first-order chi connectivity index (χ1) is 6.88. The lowest BCUT2D eigenvalue weighted by atomic mass is 9.97. The molecule has 0 aliphatic heterocycles. The van der Waals surface area contributed by atoms with Crippen molar-refractivity contribution < 1.29 is 0 Å². The first-order valence-corrected chi connectivity index (χ1v) is 5.38. The van der Waals surface area contributed by atoms with Crippen LogP contribution in [0.4, 0.5) is 0 Å². The Kier molecular flexibility index (Phi) is 2.96. The molecule has 0 saturated carbocycles. The maximum Gasteiger partial charge on any atom is 0.00491 e. The van der Waals surface area contributed by atoms with Gasteiger partial charge in [0.25, 0.3) is 0 Å². The molecule has 14 heavy (non-hydrogen) atoms. The molecule has 0 heterocycles. The van der Waals surface area contributed by atoms with E-state index in [-0.39, 0.29) is 0 Å². The van der Waals surface area contributed by atoms with Gasteiger partial charge in [-0.3, -0.25) is 0 Å². The highest BCUT2D eigenvalue weighted by molar-refractivity contribution is 7.23. The molecule has 0 aromatic heterocycles. The van der Waals surface area contributed by atoms with E-state index in [1.165, 1.54) is 16.4 Å². The summed E-state index contributed by atoms with van der Waals surface area (Å²) >= 11 is 0. The van der Waals surface area contributed by atoms with Crippen LogP contribution in [0, 0.1) is 0 Å². The van der Waals surface area contributed by atoms with Gasteiger partial charge >= 0.3 is 0 Å². The maximum atomic E-state index is 3.72.